The monoisotopic (exact) mass is 198 g/mol. The van der Waals surface area contributed by atoms with Gasteiger partial charge in [-0.05, 0) is 5.41 Å². The van der Waals surface area contributed by atoms with E-state index in [0.717, 1.165) is 0 Å². The molecule has 0 aliphatic carbocycles. The van der Waals surface area contributed by atoms with Gasteiger partial charge in [0.15, 0.2) is 0 Å². The molecule has 0 aliphatic rings. The van der Waals surface area contributed by atoms with Crippen molar-refractivity contribution in [1.29, 1.82) is 0 Å². The molecule has 0 rings (SSSR count). The molecular formula is C12H26Si. The van der Waals surface area contributed by atoms with Crippen LogP contribution in [-0.2, 0) is 0 Å². The molecule has 0 aromatic carbocycles. The normalized spacial score (nSPS) is 14.0. The van der Waals surface area contributed by atoms with Crippen LogP contribution in [0.25, 0.3) is 0 Å². The molecule has 0 atom stereocenters. The second-order valence-corrected chi connectivity index (χ2v) is 10.3. The van der Waals surface area contributed by atoms with Crippen molar-refractivity contribution >= 4 is 8.07 Å². The summed E-state index contributed by atoms with van der Waals surface area (Å²) in [6.07, 6.45) is 2.43. The first-order valence-electron chi connectivity index (χ1n) is 5.59. The SMILES string of the molecule is CC[Si](/C=C\C(C)(C)C)(CC)CC. The summed E-state index contributed by atoms with van der Waals surface area (Å²) in [6, 6.07) is 4.19. The molecule has 0 saturated carbocycles. The minimum atomic E-state index is -1.01. The maximum Gasteiger partial charge on any atom is 0.0766 e. The van der Waals surface area contributed by atoms with Gasteiger partial charge in [-0.2, -0.15) is 0 Å². The van der Waals surface area contributed by atoms with E-state index in [-0.39, 0.29) is 0 Å². The summed E-state index contributed by atoms with van der Waals surface area (Å²) in [4.78, 5) is 0. The molecule has 0 fully saturated rings. The van der Waals surface area contributed by atoms with Crippen LogP contribution in [0.3, 0.4) is 0 Å². The summed E-state index contributed by atoms with van der Waals surface area (Å²) in [5.41, 5.74) is 2.94. The van der Waals surface area contributed by atoms with Crippen LogP contribution in [0.15, 0.2) is 11.8 Å². The van der Waals surface area contributed by atoms with Crippen LogP contribution in [0, 0.1) is 5.41 Å². The van der Waals surface area contributed by atoms with Gasteiger partial charge in [-0.3, -0.25) is 0 Å². The van der Waals surface area contributed by atoms with E-state index in [0.29, 0.717) is 5.41 Å². The van der Waals surface area contributed by atoms with Crippen molar-refractivity contribution in [3.8, 4) is 0 Å². The van der Waals surface area contributed by atoms with E-state index in [1.165, 1.54) is 18.1 Å². The first-order chi connectivity index (χ1) is 5.89. The van der Waals surface area contributed by atoms with Gasteiger partial charge in [0, 0.05) is 0 Å². The zero-order valence-corrected chi connectivity index (χ0v) is 11.3. The third-order valence-electron chi connectivity index (χ3n) is 3.05. The molecule has 0 amide bonds. The molecule has 0 heterocycles. The summed E-state index contributed by atoms with van der Waals surface area (Å²) >= 11 is 0. The molecule has 0 N–H and O–H groups in total. The van der Waals surface area contributed by atoms with Gasteiger partial charge < -0.3 is 0 Å². The fraction of sp³-hybridized carbons (Fsp3) is 0.833. The van der Waals surface area contributed by atoms with Crippen molar-refractivity contribution < 1.29 is 0 Å². The molecule has 0 aromatic rings. The molecule has 13 heavy (non-hydrogen) atoms. The predicted molar refractivity (Wildman–Crippen MR) is 65.8 cm³/mol. The van der Waals surface area contributed by atoms with Crippen LogP contribution in [0.2, 0.25) is 18.1 Å². The quantitative estimate of drug-likeness (QED) is 0.577. The van der Waals surface area contributed by atoms with Crippen molar-refractivity contribution in [2.45, 2.75) is 59.7 Å². The highest BCUT2D eigenvalue weighted by Crippen LogP contribution is 2.24. The fourth-order valence-electron chi connectivity index (χ4n) is 1.53. The second kappa shape index (κ2) is 4.99. The lowest BCUT2D eigenvalue weighted by Gasteiger charge is -2.25. The Labute approximate surface area is 85.4 Å². The van der Waals surface area contributed by atoms with Crippen molar-refractivity contribution in [3.63, 3.8) is 0 Å². The van der Waals surface area contributed by atoms with E-state index < -0.39 is 8.07 Å². The van der Waals surface area contributed by atoms with E-state index in [9.17, 15) is 0 Å². The Balaban J connectivity index is 4.51. The zero-order chi connectivity index (χ0) is 10.5. The lowest BCUT2D eigenvalue weighted by Crippen LogP contribution is -2.29. The molecule has 0 spiro atoms. The van der Waals surface area contributed by atoms with E-state index in [2.05, 4.69) is 53.3 Å². The molecule has 78 valence electrons. The van der Waals surface area contributed by atoms with Crippen LogP contribution < -0.4 is 0 Å². The Bertz CT molecular complexity index is 150. The van der Waals surface area contributed by atoms with Crippen molar-refractivity contribution in [2.75, 3.05) is 0 Å². The third-order valence-corrected chi connectivity index (χ3v) is 8.15. The van der Waals surface area contributed by atoms with Crippen molar-refractivity contribution in [1.82, 2.24) is 0 Å². The Morgan fingerprint density at radius 3 is 1.54 bits per heavy atom. The number of rotatable bonds is 4. The average Bonchev–Trinajstić information content (AvgIpc) is 2.06. The standard InChI is InChI=1S/C12H26Si/c1-7-13(8-2,9-3)11-10-12(4,5)6/h10-11H,7-9H2,1-6H3/b11-10-. The van der Waals surface area contributed by atoms with Gasteiger partial charge in [0.2, 0.25) is 0 Å². The van der Waals surface area contributed by atoms with Crippen LogP contribution in [-0.4, -0.2) is 8.07 Å². The van der Waals surface area contributed by atoms with Crippen LogP contribution in [0.5, 0.6) is 0 Å². The maximum absolute atomic E-state index is 2.58. The van der Waals surface area contributed by atoms with Gasteiger partial charge >= 0.3 is 0 Å². The molecule has 0 bridgehead atoms. The first-order valence-corrected chi connectivity index (χ1v) is 8.29. The fourth-order valence-corrected chi connectivity index (χ4v) is 4.59. The van der Waals surface area contributed by atoms with Gasteiger partial charge in [0.05, 0.1) is 8.07 Å². The van der Waals surface area contributed by atoms with Gasteiger partial charge in [-0.15, -0.1) is 0 Å². The Kier molecular flexibility index (Phi) is 4.98. The Morgan fingerprint density at radius 1 is 0.923 bits per heavy atom. The van der Waals surface area contributed by atoms with Gasteiger partial charge in [-0.25, -0.2) is 0 Å². The molecule has 0 aromatic heterocycles. The van der Waals surface area contributed by atoms with E-state index in [1.54, 1.807) is 0 Å². The largest absolute Gasteiger partial charge is 0.0976 e. The number of hydrogen-bond donors (Lipinski definition) is 0. The zero-order valence-electron chi connectivity index (χ0n) is 10.3. The lowest BCUT2D eigenvalue weighted by molar-refractivity contribution is 0.544. The van der Waals surface area contributed by atoms with E-state index in [1.807, 2.05) is 0 Å². The third kappa shape index (κ3) is 4.66. The van der Waals surface area contributed by atoms with Gasteiger partial charge in [0.25, 0.3) is 0 Å². The summed E-state index contributed by atoms with van der Waals surface area (Å²) in [7, 11) is -1.01. The minimum absolute atomic E-state index is 0.359. The predicted octanol–water partition coefficient (Wildman–Crippen LogP) is 4.64. The molecular weight excluding hydrogens is 172 g/mol. The van der Waals surface area contributed by atoms with Crippen molar-refractivity contribution in [3.05, 3.63) is 11.8 Å². The van der Waals surface area contributed by atoms with Crippen LogP contribution in [0.1, 0.15) is 41.5 Å². The maximum atomic E-state index is 2.58. The first kappa shape index (κ1) is 13.0. The lowest BCUT2D eigenvalue weighted by atomic mass is 9.98. The van der Waals surface area contributed by atoms with E-state index in [4.69, 9.17) is 0 Å². The van der Waals surface area contributed by atoms with E-state index >= 15 is 0 Å². The summed E-state index contributed by atoms with van der Waals surface area (Å²) < 4.78 is 0. The summed E-state index contributed by atoms with van der Waals surface area (Å²) in [5, 5.41) is 0. The van der Waals surface area contributed by atoms with Gasteiger partial charge in [0.1, 0.15) is 0 Å². The molecule has 0 nitrogen and oxygen atoms in total. The topological polar surface area (TPSA) is 0 Å². The summed E-state index contributed by atoms with van der Waals surface area (Å²) in [6.45, 7) is 13.9. The minimum Gasteiger partial charge on any atom is -0.0976 e. The summed E-state index contributed by atoms with van der Waals surface area (Å²) in [5.74, 6) is 0. The molecule has 0 aliphatic heterocycles. The Morgan fingerprint density at radius 2 is 1.31 bits per heavy atom. The smallest absolute Gasteiger partial charge is 0.0766 e. The molecule has 1 heteroatoms. The number of hydrogen-bond acceptors (Lipinski definition) is 0. The molecule has 0 unspecified atom stereocenters. The second-order valence-electron chi connectivity index (χ2n) is 5.12. The van der Waals surface area contributed by atoms with Gasteiger partial charge in [-0.1, -0.05) is 71.5 Å². The Hall–Kier alpha value is -0.0431. The molecule has 0 radical (unpaired) electrons. The molecule has 0 saturated heterocycles. The van der Waals surface area contributed by atoms with Crippen LogP contribution >= 0.6 is 0 Å². The highest BCUT2D eigenvalue weighted by atomic mass is 28.3. The number of allylic oxidation sites excluding steroid dienone is 1. The van der Waals surface area contributed by atoms with Crippen LogP contribution in [0.4, 0.5) is 0 Å². The average molecular weight is 198 g/mol. The van der Waals surface area contributed by atoms with Crippen molar-refractivity contribution in [2.24, 2.45) is 5.41 Å². The highest BCUT2D eigenvalue weighted by Gasteiger charge is 2.23. The highest BCUT2D eigenvalue weighted by molar-refractivity contribution is 6.84.